The summed E-state index contributed by atoms with van der Waals surface area (Å²) in [5.41, 5.74) is 8.87. The van der Waals surface area contributed by atoms with E-state index in [1.807, 2.05) is 109 Å². The minimum Gasteiger partial charge on any atom is -0.476 e. The first-order chi connectivity index (χ1) is 31.8. The second-order valence-electron chi connectivity index (χ2n) is 18.5. The minimum absolute atomic E-state index is 0.0798. The number of carbonyl (C=O) groups excluding carboxylic acids is 2. The van der Waals surface area contributed by atoms with Gasteiger partial charge >= 0.3 is 17.9 Å². The number of hydrogen-bond donors (Lipinski definition) is 1. The van der Waals surface area contributed by atoms with E-state index in [0.717, 1.165) is 48.2 Å². The van der Waals surface area contributed by atoms with Gasteiger partial charge in [0.05, 0.1) is 29.6 Å². The molecule has 0 fully saturated rings. The van der Waals surface area contributed by atoms with Crippen LogP contribution in [0.5, 0.6) is 0 Å². The zero-order valence-corrected chi connectivity index (χ0v) is 42.2. The van der Waals surface area contributed by atoms with E-state index < -0.39 is 5.97 Å². The predicted octanol–water partition coefficient (Wildman–Crippen LogP) is 13.5. The highest BCUT2D eigenvalue weighted by atomic mass is 16.5. The summed E-state index contributed by atoms with van der Waals surface area (Å²) in [7, 11) is 0. The average Bonchev–Trinajstić information content (AvgIpc) is 3.95. The van der Waals surface area contributed by atoms with Crippen molar-refractivity contribution in [2.45, 2.75) is 147 Å². The number of carboxylic acid groups (broad SMARTS) is 1. The van der Waals surface area contributed by atoms with Crippen LogP contribution in [0.3, 0.4) is 0 Å². The Bertz CT molecular complexity index is 2300. The molecule has 360 valence electrons. The second-order valence-corrected chi connectivity index (χ2v) is 18.5. The minimum atomic E-state index is -0.995. The molecule has 0 spiro atoms. The Balaban J connectivity index is 0.000000238. The number of carbonyl (C=O) groups is 3. The van der Waals surface area contributed by atoms with Gasteiger partial charge in [0.2, 0.25) is 0 Å². The summed E-state index contributed by atoms with van der Waals surface area (Å²) >= 11 is 0. The van der Waals surface area contributed by atoms with Crippen molar-refractivity contribution in [3.8, 4) is 0 Å². The van der Waals surface area contributed by atoms with E-state index in [-0.39, 0.29) is 28.5 Å². The van der Waals surface area contributed by atoms with Crippen molar-refractivity contribution in [2.24, 2.45) is 10.8 Å². The van der Waals surface area contributed by atoms with Crippen molar-refractivity contribution in [2.75, 3.05) is 0 Å². The van der Waals surface area contributed by atoms with Gasteiger partial charge in [-0.25, -0.2) is 4.79 Å². The zero-order chi connectivity index (χ0) is 49.6. The van der Waals surface area contributed by atoms with E-state index >= 15 is 0 Å². The maximum Gasteiger partial charge on any atom is 0.356 e. The highest BCUT2D eigenvalue weighted by Crippen LogP contribution is 2.24. The lowest BCUT2D eigenvalue weighted by Gasteiger charge is -2.20. The quantitative estimate of drug-likeness (QED) is 0.0897. The van der Waals surface area contributed by atoms with Crippen LogP contribution in [0.25, 0.3) is 0 Å². The molecule has 0 aliphatic heterocycles. The van der Waals surface area contributed by atoms with Crippen molar-refractivity contribution < 1.29 is 29.0 Å². The van der Waals surface area contributed by atoms with Crippen molar-refractivity contribution >= 4 is 17.9 Å². The van der Waals surface area contributed by atoms with E-state index in [2.05, 4.69) is 104 Å². The van der Waals surface area contributed by atoms with E-state index in [1.54, 1.807) is 10.9 Å². The lowest BCUT2D eigenvalue weighted by molar-refractivity contribution is -0.156. The normalized spacial score (nSPS) is 11.9. The van der Waals surface area contributed by atoms with Gasteiger partial charge in [0, 0.05) is 11.9 Å². The lowest BCUT2D eigenvalue weighted by atomic mass is 9.91. The third-order valence-electron chi connectivity index (χ3n) is 12.3. The number of rotatable bonds is 17. The predicted molar refractivity (Wildman–Crippen MR) is 270 cm³/mol. The van der Waals surface area contributed by atoms with Gasteiger partial charge in [0.15, 0.2) is 5.69 Å². The number of carboxylic acids is 1. The van der Waals surface area contributed by atoms with Crippen LogP contribution in [0.1, 0.15) is 162 Å². The Morgan fingerprint density at radius 3 is 1.34 bits per heavy atom. The molecule has 1 N–H and O–H groups in total. The highest BCUT2D eigenvalue weighted by Gasteiger charge is 2.27. The molecule has 0 amide bonds. The Morgan fingerprint density at radius 2 is 1.00 bits per heavy atom. The molecule has 0 bridgehead atoms. The lowest BCUT2D eigenvalue weighted by Crippen LogP contribution is -2.25. The fourth-order valence-electron chi connectivity index (χ4n) is 6.26. The van der Waals surface area contributed by atoms with Gasteiger partial charge in [0.1, 0.15) is 13.2 Å². The largest absolute Gasteiger partial charge is 0.476 e. The second kappa shape index (κ2) is 27.4. The molecule has 6 aromatic rings. The van der Waals surface area contributed by atoms with Crippen molar-refractivity contribution in [1.29, 1.82) is 0 Å². The molecule has 0 aliphatic rings. The number of aromatic nitrogens is 4. The third kappa shape index (κ3) is 18.9. The zero-order valence-electron chi connectivity index (χ0n) is 42.2. The fraction of sp³-hybridized carbons (Fsp3) is 0.421. The van der Waals surface area contributed by atoms with Crippen LogP contribution < -0.4 is 0 Å². The Hall–Kier alpha value is -6.29. The number of esters is 2. The van der Waals surface area contributed by atoms with Gasteiger partial charge in [-0.3, -0.25) is 19.0 Å². The molecule has 10 heteroatoms. The number of benzene rings is 4. The van der Waals surface area contributed by atoms with Crippen LogP contribution in [0.2, 0.25) is 0 Å². The Labute approximate surface area is 400 Å². The molecular weight excluding hydrogens is 837 g/mol. The van der Waals surface area contributed by atoms with Gasteiger partial charge in [-0.2, -0.15) is 10.2 Å². The third-order valence-corrected chi connectivity index (χ3v) is 12.3. The summed E-state index contributed by atoms with van der Waals surface area (Å²) in [5, 5.41) is 17.3. The molecule has 2 heterocycles. The highest BCUT2D eigenvalue weighted by molar-refractivity contribution is 5.85. The molecule has 4 aromatic carbocycles. The standard InChI is InChI=1S/C16H22N2.C15H18N2O2.2C13H18O2/c1-5-12(2)16-8-6-15(7-9-16)11-18-14(4)10-13(3)17-18;1-3-11(2)13-6-4-12(5-7-13)10-17-9-8-14(16-17)15(18)19;2*1-4-13(2,3)12(14)15-10-11-8-6-5-7-9-11/h6-10,12H,5,11H2,1-4H3;4-9,11H,3,10H2,1-2H3,(H,18,19);2*5-9H,4,10H2,1-3H3. The van der Waals surface area contributed by atoms with Crippen LogP contribution in [0.4, 0.5) is 0 Å². The smallest absolute Gasteiger partial charge is 0.356 e. The number of ether oxygens (including phenoxy) is 2. The average molecular weight is 913 g/mol. The summed E-state index contributed by atoms with van der Waals surface area (Å²) in [4.78, 5) is 34.0. The van der Waals surface area contributed by atoms with Crippen LogP contribution in [-0.2, 0) is 45.4 Å². The van der Waals surface area contributed by atoms with Gasteiger partial charge < -0.3 is 14.6 Å². The Kier molecular flexibility index (Phi) is 22.5. The molecule has 0 radical (unpaired) electrons. The topological polar surface area (TPSA) is 126 Å². The maximum atomic E-state index is 11.6. The number of hydrogen-bond acceptors (Lipinski definition) is 7. The van der Waals surface area contributed by atoms with Crippen molar-refractivity contribution in [1.82, 2.24) is 19.6 Å². The molecule has 0 aliphatic carbocycles. The number of nitrogens with zero attached hydrogens (tertiary/aromatic N) is 4. The first-order valence-corrected chi connectivity index (χ1v) is 23.7. The van der Waals surface area contributed by atoms with Crippen LogP contribution >= 0.6 is 0 Å². The SMILES string of the molecule is CCC(C)(C)C(=O)OCc1ccccc1.CCC(C)(C)C(=O)OCc1ccccc1.CCC(C)c1ccc(Cn2ccc(C(=O)O)n2)cc1.CCC(C)c1ccc(Cn2nc(C)cc2C)cc1. The summed E-state index contributed by atoms with van der Waals surface area (Å²) in [6.45, 7) is 26.8. The van der Waals surface area contributed by atoms with Crippen LogP contribution in [0, 0.1) is 24.7 Å². The first-order valence-electron chi connectivity index (χ1n) is 23.7. The number of aromatic carboxylic acids is 1. The summed E-state index contributed by atoms with van der Waals surface area (Å²) in [6, 6.07) is 40.4. The van der Waals surface area contributed by atoms with E-state index in [1.165, 1.54) is 34.9 Å². The van der Waals surface area contributed by atoms with Gasteiger partial charge in [-0.05, 0) is 125 Å². The van der Waals surface area contributed by atoms with Crippen LogP contribution in [0.15, 0.2) is 128 Å². The van der Waals surface area contributed by atoms with Gasteiger partial charge in [0.25, 0.3) is 0 Å². The first kappa shape index (κ1) is 55.0. The Morgan fingerprint density at radius 1 is 0.582 bits per heavy atom. The molecule has 0 saturated carbocycles. The molecular formula is C57H76N4O6. The van der Waals surface area contributed by atoms with Crippen molar-refractivity contribution in [3.05, 3.63) is 178 Å². The molecule has 2 aromatic heterocycles. The molecule has 10 nitrogen and oxygen atoms in total. The summed E-state index contributed by atoms with van der Waals surface area (Å²) in [6.07, 6.45) is 5.59. The van der Waals surface area contributed by atoms with E-state index in [4.69, 9.17) is 14.6 Å². The van der Waals surface area contributed by atoms with E-state index in [9.17, 15) is 14.4 Å². The maximum absolute atomic E-state index is 11.6. The molecule has 2 unspecified atom stereocenters. The molecule has 2 atom stereocenters. The monoisotopic (exact) mass is 913 g/mol. The van der Waals surface area contributed by atoms with Crippen molar-refractivity contribution in [3.63, 3.8) is 0 Å². The summed E-state index contributed by atoms with van der Waals surface area (Å²) in [5.74, 6) is -0.0429. The number of aryl methyl sites for hydroxylation is 2. The van der Waals surface area contributed by atoms with E-state index in [0.29, 0.717) is 31.6 Å². The molecule has 0 saturated heterocycles. The van der Waals surface area contributed by atoms with Gasteiger partial charge in [-0.1, -0.05) is 151 Å². The van der Waals surface area contributed by atoms with Gasteiger partial charge in [-0.15, -0.1) is 0 Å². The van der Waals surface area contributed by atoms with Crippen LogP contribution in [-0.4, -0.2) is 42.6 Å². The summed E-state index contributed by atoms with van der Waals surface area (Å²) < 4.78 is 14.2. The molecule has 6 rings (SSSR count). The fourth-order valence-corrected chi connectivity index (χ4v) is 6.26. The molecule has 67 heavy (non-hydrogen) atoms.